The summed E-state index contributed by atoms with van der Waals surface area (Å²) in [5.74, 6) is 1.30. The summed E-state index contributed by atoms with van der Waals surface area (Å²) in [5.41, 5.74) is 17.2. The Morgan fingerprint density at radius 1 is 1.18 bits per heavy atom. The number of halogens is 1. The topological polar surface area (TPSA) is 132 Å². The second-order valence-corrected chi connectivity index (χ2v) is 9.45. The Kier molecular flexibility index (Phi) is 7.40. The summed E-state index contributed by atoms with van der Waals surface area (Å²) < 4.78 is 6.15. The molecule has 2 heterocycles. The van der Waals surface area contributed by atoms with Crippen LogP contribution in [0.4, 0.5) is 0 Å². The van der Waals surface area contributed by atoms with Gasteiger partial charge in [-0.1, -0.05) is 6.07 Å². The van der Waals surface area contributed by atoms with Gasteiger partial charge in [-0.25, -0.2) is 9.97 Å². The van der Waals surface area contributed by atoms with Crippen molar-refractivity contribution in [3.05, 3.63) is 41.3 Å². The maximum Gasteiger partial charge on any atom is 0.255 e. The molecule has 0 radical (unpaired) electrons. The number of nitrogens with one attached hydrogen (secondary N) is 2. The first-order chi connectivity index (χ1) is 16.0. The van der Waals surface area contributed by atoms with Gasteiger partial charge in [0.2, 0.25) is 0 Å². The highest BCUT2D eigenvalue weighted by molar-refractivity contribution is 6.09. The van der Waals surface area contributed by atoms with Crippen LogP contribution in [0.1, 0.15) is 60.1 Å². The number of amides is 1. The van der Waals surface area contributed by atoms with Crippen LogP contribution in [0, 0.1) is 12.8 Å². The standard InChI is InChI=1S/C25H32N6O2.ClH/c1-14-21(25(32)31-18-7-5-17(27)6-8-18)23-24(30-14)22(28-13-29-23)19-10-16(11-26)4-9-20(19)33-12-15-2-3-15;/h4,9-10,13,15,17-18,30H,2-3,5-8,11-12,26-27H2,1H3,(H,31,32);1H. The lowest BCUT2D eigenvalue weighted by Crippen LogP contribution is -2.40. The van der Waals surface area contributed by atoms with E-state index in [2.05, 4.69) is 20.3 Å². The highest BCUT2D eigenvalue weighted by Gasteiger charge is 2.26. The zero-order valence-electron chi connectivity index (χ0n) is 19.5. The van der Waals surface area contributed by atoms with Crippen LogP contribution in [0.5, 0.6) is 5.75 Å². The van der Waals surface area contributed by atoms with Crippen molar-refractivity contribution in [1.29, 1.82) is 0 Å². The molecular weight excluding hydrogens is 452 g/mol. The van der Waals surface area contributed by atoms with Gasteiger partial charge in [0.1, 0.15) is 23.3 Å². The smallest absolute Gasteiger partial charge is 0.255 e. The summed E-state index contributed by atoms with van der Waals surface area (Å²) in [4.78, 5) is 25.7. The minimum absolute atomic E-state index is 0. The van der Waals surface area contributed by atoms with Crippen molar-refractivity contribution in [3.63, 3.8) is 0 Å². The van der Waals surface area contributed by atoms with Gasteiger partial charge in [0.05, 0.1) is 17.7 Å². The van der Waals surface area contributed by atoms with Gasteiger partial charge in [-0.2, -0.15) is 0 Å². The summed E-state index contributed by atoms with van der Waals surface area (Å²) in [5, 5.41) is 3.19. The highest BCUT2D eigenvalue weighted by atomic mass is 35.5. The third-order valence-corrected chi connectivity index (χ3v) is 6.81. The van der Waals surface area contributed by atoms with E-state index < -0.39 is 0 Å². The van der Waals surface area contributed by atoms with Gasteiger partial charge in [0, 0.05) is 29.9 Å². The van der Waals surface area contributed by atoms with Crippen molar-refractivity contribution in [3.8, 4) is 17.0 Å². The Morgan fingerprint density at radius 3 is 2.65 bits per heavy atom. The van der Waals surface area contributed by atoms with Crippen molar-refractivity contribution in [1.82, 2.24) is 20.3 Å². The van der Waals surface area contributed by atoms with Gasteiger partial charge >= 0.3 is 0 Å². The van der Waals surface area contributed by atoms with Crippen LogP contribution >= 0.6 is 12.4 Å². The van der Waals surface area contributed by atoms with E-state index in [1.165, 1.54) is 19.2 Å². The van der Waals surface area contributed by atoms with Gasteiger partial charge in [0.15, 0.2) is 0 Å². The number of benzene rings is 1. The molecular formula is C25H33ClN6O2. The van der Waals surface area contributed by atoms with E-state index in [-0.39, 0.29) is 30.4 Å². The SMILES string of the molecule is Cc1[nH]c2c(-c3cc(CN)ccc3OCC3CC3)ncnc2c1C(=O)NC1CCC(N)CC1.Cl. The largest absolute Gasteiger partial charge is 0.493 e. The fraction of sp³-hybridized carbons (Fsp3) is 0.480. The fourth-order valence-electron chi connectivity index (χ4n) is 4.63. The number of hydrogen-bond donors (Lipinski definition) is 4. The Morgan fingerprint density at radius 2 is 1.94 bits per heavy atom. The molecule has 2 aromatic heterocycles. The molecule has 8 nitrogen and oxygen atoms in total. The molecule has 0 aliphatic heterocycles. The summed E-state index contributed by atoms with van der Waals surface area (Å²) in [7, 11) is 0. The number of aryl methyl sites for hydroxylation is 1. The minimum Gasteiger partial charge on any atom is -0.493 e. The van der Waals surface area contributed by atoms with E-state index in [9.17, 15) is 4.79 Å². The second kappa shape index (κ2) is 10.3. The van der Waals surface area contributed by atoms with E-state index in [4.69, 9.17) is 16.2 Å². The summed E-state index contributed by atoms with van der Waals surface area (Å²) in [6.07, 6.45) is 7.63. The number of hydrogen-bond acceptors (Lipinski definition) is 6. The lowest BCUT2D eigenvalue weighted by atomic mass is 9.91. The Labute approximate surface area is 205 Å². The molecule has 2 aliphatic rings. The number of aromatic nitrogens is 3. The fourth-order valence-corrected chi connectivity index (χ4v) is 4.63. The first kappa shape index (κ1) is 24.4. The Bertz CT molecular complexity index is 1170. The van der Waals surface area contributed by atoms with Crippen LogP contribution in [-0.2, 0) is 6.54 Å². The molecule has 0 unspecified atom stereocenters. The molecule has 2 saturated carbocycles. The zero-order chi connectivity index (χ0) is 22.9. The highest BCUT2D eigenvalue weighted by Crippen LogP contribution is 2.37. The number of ether oxygens (including phenoxy) is 1. The molecule has 0 saturated heterocycles. The second-order valence-electron chi connectivity index (χ2n) is 9.45. The van der Waals surface area contributed by atoms with Crippen LogP contribution in [0.25, 0.3) is 22.3 Å². The van der Waals surface area contributed by atoms with Crippen molar-refractivity contribution >= 4 is 29.3 Å². The van der Waals surface area contributed by atoms with Crippen LogP contribution in [0.15, 0.2) is 24.5 Å². The number of fused-ring (bicyclic) bond motifs is 1. The molecule has 2 aliphatic carbocycles. The number of H-pyrrole nitrogens is 1. The monoisotopic (exact) mass is 484 g/mol. The number of aromatic amines is 1. The minimum atomic E-state index is -0.107. The molecule has 9 heteroatoms. The van der Waals surface area contributed by atoms with Crippen LogP contribution in [-0.4, -0.2) is 39.5 Å². The van der Waals surface area contributed by atoms with E-state index in [0.29, 0.717) is 35.8 Å². The molecule has 34 heavy (non-hydrogen) atoms. The Hall–Kier alpha value is -2.68. The predicted molar refractivity (Wildman–Crippen MR) is 135 cm³/mol. The first-order valence-corrected chi connectivity index (χ1v) is 11.9. The first-order valence-electron chi connectivity index (χ1n) is 11.9. The van der Waals surface area contributed by atoms with Gasteiger partial charge < -0.3 is 26.5 Å². The third kappa shape index (κ3) is 5.04. The number of nitrogens with zero attached hydrogens (tertiary/aromatic N) is 2. The molecule has 0 atom stereocenters. The molecule has 2 fully saturated rings. The number of rotatable bonds is 7. The van der Waals surface area contributed by atoms with Crippen molar-refractivity contribution < 1.29 is 9.53 Å². The normalized spacial score (nSPS) is 20.1. The number of nitrogens with two attached hydrogens (primary N) is 2. The quantitative estimate of drug-likeness (QED) is 0.405. The summed E-state index contributed by atoms with van der Waals surface area (Å²) in [6.45, 7) is 3.02. The lowest BCUT2D eigenvalue weighted by Gasteiger charge is -2.26. The summed E-state index contributed by atoms with van der Waals surface area (Å²) >= 11 is 0. The number of carbonyl (C=O) groups is 1. The van der Waals surface area contributed by atoms with E-state index in [1.54, 1.807) is 0 Å². The lowest BCUT2D eigenvalue weighted by molar-refractivity contribution is 0.0927. The van der Waals surface area contributed by atoms with Crippen LogP contribution < -0.4 is 21.5 Å². The molecule has 3 aromatic rings. The van der Waals surface area contributed by atoms with Crippen LogP contribution in [0.2, 0.25) is 0 Å². The van der Waals surface area contributed by atoms with Crippen molar-refractivity contribution in [2.75, 3.05) is 6.61 Å². The molecule has 1 aromatic carbocycles. The van der Waals surface area contributed by atoms with Crippen molar-refractivity contribution in [2.45, 2.75) is 64.1 Å². The summed E-state index contributed by atoms with van der Waals surface area (Å²) in [6, 6.07) is 6.35. The average Bonchev–Trinajstić information content (AvgIpc) is 3.58. The molecule has 1 amide bonds. The van der Waals surface area contributed by atoms with Crippen LogP contribution in [0.3, 0.4) is 0 Å². The van der Waals surface area contributed by atoms with Gasteiger partial charge in [-0.3, -0.25) is 4.79 Å². The molecule has 0 bridgehead atoms. The maximum atomic E-state index is 13.2. The number of carbonyl (C=O) groups excluding carboxylic acids is 1. The van der Waals surface area contributed by atoms with E-state index in [0.717, 1.165) is 53.8 Å². The third-order valence-electron chi connectivity index (χ3n) is 6.81. The Balaban J connectivity index is 0.00000274. The van der Waals surface area contributed by atoms with Crippen molar-refractivity contribution in [2.24, 2.45) is 17.4 Å². The van der Waals surface area contributed by atoms with E-state index in [1.807, 2.05) is 25.1 Å². The predicted octanol–water partition coefficient (Wildman–Crippen LogP) is 3.60. The zero-order valence-corrected chi connectivity index (χ0v) is 20.3. The van der Waals surface area contributed by atoms with Gasteiger partial charge in [-0.15, -0.1) is 12.4 Å². The molecule has 0 spiro atoms. The average molecular weight is 485 g/mol. The van der Waals surface area contributed by atoms with Gasteiger partial charge in [0.25, 0.3) is 5.91 Å². The maximum absolute atomic E-state index is 13.2. The van der Waals surface area contributed by atoms with Gasteiger partial charge in [-0.05, 0) is 69.1 Å². The van der Waals surface area contributed by atoms with E-state index >= 15 is 0 Å². The molecule has 182 valence electrons. The molecule has 6 N–H and O–H groups in total. The molecule has 5 rings (SSSR count).